The lowest BCUT2D eigenvalue weighted by molar-refractivity contribution is 0.371. The fraction of sp³-hybridized carbons (Fsp3) is 0.273. The largest absolute Gasteiger partial charge is 0.335 e. The van der Waals surface area contributed by atoms with Crippen molar-refractivity contribution in [3.05, 3.63) is 22.7 Å². The van der Waals surface area contributed by atoms with E-state index in [1.54, 1.807) is 12.1 Å². The molecule has 0 radical (unpaired) electrons. The first-order chi connectivity index (χ1) is 10.4. The fourth-order valence-electron chi connectivity index (χ4n) is 2.19. The van der Waals surface area contributed by atoms with E-state index in [0.29, 0.717) is 40.5 Å². The molecule has 0 unspecified atom stereocenters. The predicted molar refractivity (Wildman–Crippen MR) is 79.5 cm³/mol. The van der Waals surface area contributed by atoms with Crippen LogP contribution in [0.4, 0.5) is 0 Å². The second kappa shape index (κ2) is 5.77. The van der Waals surface area contributed by atoms with Gasteiger partial charge in [-0.2, -0.15) is 0 Å². The fourth-order valence-corrected chi connectivity index (χ4v) is 3.00. The monoisotopic (exact) mass is 342 g/mol. The molecule has 0 aliphatic rings. The van der Waals surface area contributed by atoms with Gasteiger partial charge in [0.1, 0.15) is 0 Å². The van der Waals surface area contributed by atoms with E-state index in [1.165, 1.54) is 0 Å². The molecule has 0 aliphatic carbocycles. The van der Waals surface area contributed by atoms with E-state index in [0.717, 1.165) is 5.56 Å². The summed E-state index contributed by atoms with van der Waals surface area (Å²) in [5.74, 6) is 0.868. The summed E-state index contributed by atoms with van der Waals surface area (Å²) in [5.41, 5.74) is 2.21. The molecule has 4 N–H and O–H groups in total. The smallest absolute Gasteiger partial charge is 0.325 e. The highest BCUT2D eigenvalue weighted by atomic mass is 35.5. The Morgan fingerprint density at radius 2 is 2.09 bits per heavy atom. The molecule has 0 saturated carbocycles. The molecule has 116 valence electrons. The number of halogens is 1. The molecule has 3 rings (SSSR count). The van der Waals surface area contributed by atoms with Crippen molar-refractivity contribution in [2.24, 2.45) is 0 Å². The van der Waals surface area contributed by atoms with E-state index in [-0.39, 0.29) is 6.16 Å². The summed E-state index contributed by atoms with van der Waals surface area (Å²) in [6.45, 7) is 0. The molecule has 1 aromatic carbocycles. The molecule has 0 bridgehead atoms. The predicted octanol–water partition coefficient (Wildman–Crippen LogP) is 1.51. The highest BCUT2D eigenvalue weighted by molar-refractivity contribution is 7.51. The van der Waals surface area contributed by atoms with Crippen LogP contribution in [-0.4, -0.2) is 46.5 Å². The van der Waals surface area contributed by atoms with Gasteiger partial charge in [-0.3, -0.25) is 4.57 Å². The van der Waals surface area contributed by atoms with Crippen LogP contribution in [0, 0.1) is 0 Å². The van der Waals surface area contributed by atoms with E-state index in [2.05, 4.69) is 30.6 Å². The molecule has 2 heterocycles. The lowest BCUT2D eigenvalue weighted by Gasteiger charge is -2.05. The van der Waals surface area contributed by atoms with Gasteiger partial charge in [0.2, 0.25) is 5.82 Å². The third-order valence-electron chi connectivity index (χ3n) is 3.10. The van der Waals surface area contributed by atoms with E-state index >= 15 is 0 Å². The van der Waals surface area contributed by atoms with Gasteiger partial charge in [-0.25, -0.2) is 10.1 Å². The molecular formula is C11H12ClN6O3P. The number of rotatable bonds is 5. The van der Waals surface area contributed by atoms with Crippen LogP contribution in [0.5, 0.6) is 0 Å². The molecular weight excluding hydrogens is 331 g/mol. The summed E-state index contributed by atoms with van der Waals surface area (Å²) in [6.07, 6.45) is 0.622. The number of benzene rings is 1. The second-order valence-electron chi connectivity index (χ2n) is 4.79. The number of hydrogen-bond donors (Lipinski definition) is 4. The molecule has 3 aromatic rings. The van der Waals surface area contributed by atoms with Crippen LogP contribution >= 0.6 is 19.2 Å². The normalized spacial score (nSPS) is 12.1. The Morgan fingerprint density at radius 3 is 2.77 bits per heavy atom. The molecule has 0 atom stereocenters. The summed E-state index contributed by atoms with van der Waals surface area (Å²) in [7, 11) is -4.00. The Morgan fingerprint density at radius 1 is 1.27 bits per heavy atom. The lowest BCUT2D eigenvalue weighted by Crippen LogP contribution is -1.93. The standard InChI is InChI=1S/C11H12ClN6O3P/c12-7-4-6(2-1-3-22(19,20)21)9-8(5-7)13-10(14-9)11-15-17-18-16-11/h4-5H,1-3H2,(H,13,14)(H2,19,20,21)(H,15,16,17,18). The van der Waals surface area contributed by atoms with E-state index in [1.807, 2.05) is 0 Å². The van der Waals surface area contributed by atoms with E-state index in [4.69, 9.17) is 21.4 Å². The first-order valence-electron chi connectivity index (χ1n) is 6.39. The Bertz CT molecular complexity index is 843. The van der Waals surface area contributed by atoms with Crippen molar-refractivity contribution in [1.29, 1.82) is 0 Å². The first-order valence-corrected chi connectivity index (χ1v) is 8.57. The van der Waals surface area contributed by atoms with Crippen molar-refractivity contribution >= 4 is 30.2 Å². The third-order valence-corrected chi connectivity index (χ3v) is 4.21. The van der Waals surface area contributed by atoms with Crippen molar-refractivity contribution in [3.8, 4) is 11.6 Å². The van der Waals surface area contributed by atoms with Gasteiger partial charge in [0.15, 0.2) is 5.82 Å². The van der Waals surface area contributed by atoms with Gasteiger partial charge in [-0.15, -0.1) is 5.10 Å². The van der Waals surface area contributed by atoms with Crippen LogP contribution in [0.15, 0.2) is 12.1 Å². The molecule has 0 saturated heterocycles. The third kappa shape index (κ3) is 3.33. The second-order valence-corrected chi connectivity index (χ2v) is 7.00. The minimum Gasteiger partial charge on any atom is -0.335 e. The number of imidazole rings is 1. The number of aromatic amines is 2. The van der Waals surface area contributed by atoms with Gasteiger partial charge in [-0.1, -0.05) is 11.6 Å². The van der Waals surface area contributed by atoms with Gasteiger partial charge >= 0.3 is 7.60 Å². The van der Waals surface area contributed by atoms with Crippen LogP contribution in [0.25, 0.3) is 22.7 Å². The first kappa shape index (κ1) is 15.1. The number of hydrogen-bond acceptors (Lipinski definition) is 5. The van der Waals surface area contributed by atoms with Gasteiger partial charge in [0.25, 0.3) is 0 Å². The Balaban J connectivity index is 1.93. The number of fused-ring (bicyclic) bond motifs is 1. The molecule has 2 aromatic heterocycles. The minimum atomic E-state index is -4.00. The summed E-state index contributed by atoms with van der Waals surface area (Å²) in [6, 6.07) is 3.47. The Kier molecular flexibility index (Phi) is 3.96. The maximum Gasteiger partial charge on any atom is 0.325 e. The topological polar surface area (TPSA) is 141 Å². The number of aryl methyl sites for hydroxylation is 1. The van der Waals surface area contributed by atoms with Gasteiger partial charge < -0.3 is 14.8 Å². The molecule has 0 fully saturated rings. The van der Waals surface area contributed by atoms with Crippen molar-refractivity contribution in [2.45, 2.75) is 12.8 Å². The molecule has 11 heteroatoms. The van der Waals surface area contributed by atoms with Gasteiger partial charge in [-0.05, 0) is 41.0 Å². The highest BCUT2D eigenvalue weighted by Crippen LogP contribution is 2.36. The summed E-state index contributed by atoms with van der Waals surface area (Å²) in [4.78, 5) is 25.4. The zero-order valence-electron chi connectivity index (χ0n) is 11.2. The van der Waals surface area contributed by atoms with Crippen LogP contribution < -0.4 is 0 Å². The minimum absolute atomic E-state index is 0.176. The SMILES string of the molecule is O=P(O)(O)CCCc1cc(Cl)cc2[nH]c(-c3nnn[nH]3)nc12. The summed E-state index contributed by atoms with van der Waals surface area (Å²) in [5, 5.41) is 13.9. The number of nitrogens with zero attached hydrogens (tertiary/aromatic N) is 4. The van der Waals surface area contributed by atoms with Crippen molar-refractivity contribution < 1.29 is 14.4 Å². The van der Waals surface area contributed by atoms with Gasteiger partial charge in [0.05, 0.1) is 17.2 Å². The van der Waals surface area contributed by atoms with Crippen LogP contribution in [-0.2, 0) is 11.0 Å². The zero-order chi connectivity index (χ0) is 15.7. The van der Waals surface area contributed by atoms with Crippen LogP contribution in [0.3, 0.4) is 0 Å². The van der Waals surface area contributed by atoms with Crippen molar-refractivity contribution in [2.75, 3.05) is 6.16 Å². The van der Waals surface area contributed by atoms with Crippen LogP contribution in [0.2, 0.25) is 5.02 Å². The lowest BCUT2D eigenvalue weighted by atomic mass is 10.1. The van der Waals surface area contributed by atoms with Crippen molar-refractivity contribution in [1.82, 2.24) is 30.6 Å². The van der Waals surface area contributed by atoms with Gasteiger partial charge in [0, 0.05) is 5.02 Å². The molecule has 0 spiro atoms. The van der Waals surface area contributed by atoms with E-state index in [9.17, 15) is 4.57 Å². The Hall–Kier alpha value is -1.80. The Labute approximate surface area is 129 Å². The number of aromatic nitrogens is 6. The zero-order valence-corrected chi connectivity index (χ0v) is 12.8. The number of nitrogens with one attached hydrogen (secondary N) is 2. The maximum atomic E-state index is 10.9. The molecule has 9 nitrogen and oxygen atoms in total. The molecule has 22 heavy (non-hydrogen) atoms. The van der Waals surface area contributed by atoms with E-state index < -0.39 is 7.60 Å². The average Bonchev–Trinajstić information content (AvgIpc) is 3.04. The summed E-state index contributed by atoms with van der Waals surface area (Å²) < 4.78 is 10.9. The summed E-state index contributed by atoms with van der Waals surface area (Å²) >= 11 is 6.08. The van der Waals surface area contributed by atoms with Crippen LogP contribution in [0.1, 0.15) is 12.0 Å². The number of tetrazole rings is 1. The maximum absolute atomic E-state index is 10.9. The quantitative estimate of drug-likeness (QED) is 0.515. The molecule has 0 aliphatic heterocycles. The number of H-pyrrole nitrogens is 2. The average molecular weight is 343 g/mol. The molecule has 0 amide bonds. The van der Waals surface area contributed by atoms with Crippen molar-refractivity contribution in [3.63, 3.8) is 0 Å². The highest BCUT2D eigenvalue weighted by Gasteiger charge is 2.15.